The summed E-state index contributed by atoms with van der Waals surface area (Å²) < 4.78 is 0.960. The van der Waals surface area contributed by atoms with E-state index in [2.05, 4.69) is 27.0 Å². The number of hydrogen-bond donors (Lipinski definition) is 0. The molecule has 1 aromatic carbocycles. The second-order valence-corrected chi connectivity index (χ2v) is 4.91. The first kappa shape index (κ1) is 12.6. The van der Waals surface area contributed by atoms with Crippen LogP contribution in [-0.4, -0.2) is 12.0 Å². The minimum atomic E-state index is 0.683. The SMILES string of the molecule is CN(Cc1cncc(Br)c1)c1ccccc1C#N. The van der Waals surface area contributed by atoms with Gasteiger partial charge in [0.25, 0.3) is 0 Å². The normalized spacial score (nSPS) is 9.83. The Balaban J connectivity index is 2.22. The van der Waals surface area contributed by atoms with Gasteiger partial charge in [-0.3, -0.25) is 4.98 Å². The van der Waals surface area contributed by atoms with Gasteiger partial charge in [-0.25, -0.2) is 0 Å². The summed E-state index contributed by atoms with van der Waals surface area (Å²) in [6.45, 7) is 0.713. The van der Waals surface area contributed by atoms with Gasteiger partial charge < -0.3 is 4.90 Å². The molecule has 0 saturated heterocycles. The van der Waals surface area contributed by atoms with Crippen LogP contribution in [-0.2, 0) is 6.54 Å². The van der Waals surface area contributed by atoms with Crippen molar-refractivity contribution in [2.75, 3.05) is 11.9 Å². The highest BCUT2D eigenvalue weighted by Gasteiger charge is 2.07. The smallest absolute Gasteiger partial charge is 0.101 e. The number of pyridine rings is 1. The van der Waals surface area contributed by atoms with E-state index in [-0.39, 0.29) is 0 Å². The second kappa shape index (κ2) is 5.65. The molecular formula is C14H12BrN3. The van der Waals surface area contributed by atoms with E-state index < -0.39 is 0 Å². The Morgan fingerprint density at radius 2 is 2.11 bits per heavy atom. The molecule has 0 amide bonds. The number of anilines is 1. The Bertz CT molecular complexity index is 590. The van der Waals surface area contributed by atoms with Crippen molar-refractivity contribution in [1.29, 1.82) is 5.26 Å². The van der Waals surface area contributed by atoms with Crippen molar-refractivity contribution in [3.63, 3.8) is 0 Å². The number of halogens is 1. The fourth-order valence-electron chi connectivity index (χ4n) is 1.80. The van der Waals surface area contributed by atoms with Crippen LogP contribution in [0.3, 0.4) is 0 Å². The first-order valence-electron chi connectivity index (χ1n) is 5.50. The van der Waals surface area contributed by atoms with Crippen LogP contribution in [0.4, 0.5) is 5.69 Å². The molecule has 0 aliphatic carbocycles. The number of hydrogen-bond acceptors (Lipinski definition) is 3. The molecule has 0 spiro atoms. The van der Waals surface area contributed by atoms with Gasteiger partial charge in [0.15, 0.2) is 0 Å². The van der Waals surface area contributed by atoms with E-state index in [0.29, 0.717) is 12.1 Å². The van der Waals surface area contributed by atoms with Gasteiger partial charge in [-0.05, 0) is 39.7 Å². The zero-order valence-corrected chi connectivity index (χ0v) is 11.6. The molecule has 1 aromatic heterocycles. The molecule has 0 fully saturated rings. The van der Waals surface area contributed by atoms with Crippen molar-refractivity contribution in [3.8, 4) is 6.07 Å². The van der Waals surface area contributed by atoms with Crippen molar-refractivity contribution < 1.29 is 0 Å². The number of aromatic nitrogens is 1. The molecule has 0 unspecified atom stereocenters. The largest absolute Gasteiger partial charge is 0.369 e. The molecule has 18 heavy (non-hydrogen) atoms. The third kappa shape index (κ3) is 2.88. The summed E-state index contributed by atoms with van der Waals surface area (Å²) in [6.07, 6.45) is 3.59. The van der Waals surface area contributed by atoms with E-state index in [1.54, 1.807) is 6.20 Å². The lowest BCUT2D eigenvalue weighted by molar-refractivity contribution is 0.912. The minimum Gasteiger partial charge on any atom is -0.369 e. The molecule has 0 bridgehead atoms. The van der Waals surface area contributed by atoms with Crippen molar-refractivity contribution in [3.05, 3.63) is 58.3 Å². The lowest BCUT2D eigenvalue weighted by atomic mass is 10.1. The molecule has 0 N–H and O–H groups in total. The number of rotatable bonds is 3. The fourth-order valence-corrected chi connectivity index (χ4v) is 2.21. The molecule has 90 valence electrons. The summed E-state index contributed by atoms with van der Waals surface area (Å²) in [5, 5.41) is 9.08. The average molecular weight is 302 g/mol. The topological polar surface area (TPSA) is 39.9 Å². The highest BCUT2D eigenvalue weighted by atomic mass is 79.9. The van der Waals surface area contributed by atoms with Gasteiger partial charge in [-0.1, -0.05) is 12.1 Å². The summed E-state index contributed by atoms with van der Waals surface area (Å²) in [5.41, 5.74) is 2.71. The van der Waals surface area contributed by atoms with Crippen LogP contribution >= 0.6 is 15.9 Å². The van der Waals surface area contributed by atoms with Gasteiger partial charge in [-0.15, -0.1) is 0 Å². The molecule has 0 atom stereocenters. The predicted octanol–water partition coefficient (Wildman–Crippen LogP) is 3.35. The lowest BCUT2D eigenvalue weighted by Crippen LogP contribution is -2.17. The quantitative estimate of drug-likeness (QED) is 0.873. The van der Waals surface area contributed by atoms with Crippen LogP contribution in [0.5, 0.6) is 0 Å². The molecule has 2 rings (SSSR count). The minimum absolute atomic E-state index is 0.683. The maximum absolute atomic E-state index is 9.08. The first-order valence-corrected chi connectivity index (χ1v) is 6.29. The van der Waals surface area contributed by atoms with Crippen LogP contribution < -0.4 is 4.90 Å². The summed E-state index contributed by atoms with van der Waals surface area (Å²) in [5.74, 6) is 0. The Morgan fingerprint density at radius 3 is 2.83 bits per heavy atom. The van der Waals surface area contributed by atoms with Crippen LogP contribution in [0, 0.1) is 11.3 Å². The van der Waals surface area contributed by atoms with Crippen molar-refractivity contribution in [2.24, 2.45) is 0 Å². The summed E-state index contributed by atoms with van der Waals surface area (Å²) in [4.78, 5) is 6.18. The molecule has 1 heterocycles. The van der Waals surface area contributed by atoms with Crippen LogP contribution in [0.25, 0.3) is 0 Å². The molecule has 0 aliphatic heterocycles. The maximum atomic E-state index is 9.08. The Morgan fingerprint density at radius 1 is 1.33 bits per heavy atom. The second-order valence-electron chi connectivity index (χ2n) is 4.00. The van der Waals surface area contributed by atoms with Gasteiger partial charge >= 0.3 is 0 Å². The highest BCUT2D eigenvalue weighted by molar-refractivity contribution is 9.10. The number of benzene rings is 1. The fraction of sp³-hybridized carbons (Fsp3) is 0.143. The standard InChI is InChI=1S/C14H12BrN3/c1-18(10-11-6-13(15)9-17-8-11)14-5-3-2-4-12(14)7-16/h2-6,8-9H,10H2,1H3. The van der Waals surface area contributed by atoms with Crippen LogP contribution in [0.1, 0.15) is 11.1 Å². The molecule has 4 heteroatoms. The maximum Gasteiger partial charge on any atom is 0.101 e. The zero-order chi connectivity index (χ0) is 13.0. The molecule has 0 aliphatic rings. The Labute approximate surface area is 115 Å². The van der Waals surface area contributed by atoms with Gasteiger partial charge in [0, 0.05) is 30.5 Å². The lowest BCUT2D eigenvalue weighted by Gasteiger charge is -2.20. The Kier molecular flexibility index (Phi) is 3.96. The summed E-state index contributed by atoms with van der Waals surface area (Å²) in [7, 11) is 1.97. The zero-order valence-electron chi connectivity index (χ0n) is 9.97. The highest BCUT2D eigenvalue weighted by Crippen LogP contribution is 2.20. The summed E-state index contributed by atoms with van der Waals surface area (Å²) in [6, 6.07) is 11.8. The van der Waals surface area contributed by atoms with E-state index in [9.17, 15) is 0 Å². The number of nitriles is 1. The average Bonchev–Trinajstić information content (AvgIpc) is 2.38. The third-order valence-electron chi connectivity index (χ3n) is 2.62. The Hall–Kier alpha value is -1.86. The third-order valence-corrected chi connectivity index (χ3v) is 3.05. The van der Waals surface area contributed by atoms with Gasteiger partial charge in [0.05, 0.1) is 11.3 Å². The van der Waals surface area contributed by atoms with E-state index in [1.807, 2.05) is 48.5 Å². The van der Waals surface area contributed by atoms with Crippen molar-refractivity contribution in [2.45, 2.75) is 6.54 Å². The van der Waals surface area contributed by atoms with Gasteiger partial charge in [0.1, 0.15) is 6.07 Å². The van der Waals surface area contributed by atoms with Crippen molar-refractivity contribution in [1.82, 2.24) is 4.98 Å². The van der Waals surface area contributed by atoms with E-state index in [1.165, 1.54) is 0 Å². The van der Waals surface area contributed by atoms with Gasteiger partial charge in [0.2, 0.25) is 0 Å². The molecular weight excluding hydrogens is 290 g/mol. The van der Waals surface area contributed by atoms with Crippen molar-refractivity contribution >= 4 is 21.6 Å². The van der Waals surface area contributed by atoms with Crippen LogP contribution in [0.15, 0.2) is 47.2 Å². The van der Waals surface area contributed by atoms with E-state index in [4.69, 9.17) is 5.26 Å². The van der Waals surface area contributed by atoms with E-state index in [0.717, 1.165) is 15.7 Å². The molecule has 0 radical (unpaired) electrons. The number of para-hydroxylation sites is 1. The number of nitrogens with zero attached hydrogens (tertiary/aromatic N) is 3. The summed E-state index contributed by atoms with van der Waals surface area (Å²) >= 11 is 3.40. The van der Waals surface area contributed by atoms with Gasteiger partial charge in [-0.2, -0.15) is 5.26 Å². The van der Waals surface area contributed by atoms with E-state index >= 15 is 0 Å². The van der Waals surface area contributed by atoms with Crippen LogP contribution in [0.2, 0.25) is 0 Å². The molecule has 0 saturated carbocycles. The first-order chi connectivity index (χ1) is 8.70. The monoisotopic (exact) mass is 301 g/mol. The molecule has 3 nitrogen and oxygen atoms in total. The molecule has 2 aromatic rings. The predicted molar refractivity (Wildman–Crippen MR) is 75.2 cm³/mol.